The molecule has 2 N–H and O–H groups in total. The van der Waals surface area contributed by atoms with E-state index in [2.05, 4.69) is 45.1 Å². The highest BCUT2D eigenvalue weighted by atomic mass is 32.1. The van der Waals surface area contributed by atoms with Crippen LogP contribution in [0.2, 0.25) is 0 Å². The van der Waals surface area contributed by atoms with Crippen LogP contribution < -0.4 is 10.6 Å². The summed E-state index contributed by atoms with van der Waals surface area (Å²) in [5.74, 6) is 0.846. The zero-order valence-corrected chi connectivity index (χ0v) is 13.1. The van der Waals surface area contributed by atoms with Crippen LogP contribution >= 0.6 is 11.3 Å². The summed E-state index contributed by atoms with van der Waals surface area (Å²) in [6, 6.07) is 4.25. The van der Waals surface area contributed by atoms with Crippen LogP contribution in [0.3, 0.4) is 0 Å². The van der Waals surface area contributed by atoms with E-state index in [1.807, 2.05) is 0 Å². The van der Waals surface area contributed by atoms with Gasteiger partial charge in [-0.3, -0.25) is 4.99 Å². The number of hydrogen-bond donors (Lipinski definition) is 2. The number of nitrogens with one attached hydrogen (secondary N) is 2. The number of nitrogens with zero attached hydrogens (tertiary/aromatic N) is 2. The summed E-state index contributed by atoms with van der Waals surface area (Å²) in [7, 11) is 3.93. The second-order valence-corrected chi connectivity index (χ2v) is 6.00. The maximum atomic E-state index is 5.72. The fraction of sp³-hybridized carbons (Fsp3) is 0.643. The monoisotopic (exact) mass is 296 g/mol. The minimum Gasteiger partial charge on any atom is -0.374 e. The van der Waals surface area contributed by atoms with Crippen LogP contribution in [0.5, 0.6) is 0 Å². The molecule has 6 heteroatoms. The second-order valence-electron chi connectivity index (χ2n) is 4.96. The average molecular weight is 296 g/mol. The van der Waals surface area contributed by atoms with Crippen molar-refractivity contribution >= 4 is 17.3 Å². The molecule has 1 aromatic rings. The molecule has 5 nitrogen and oxygen atoms in total. The average Bonchev–Trinajstić information content (AvgIpc) is 2.96. The van der Waals surface area contributed by atoms with Crippen molar-refractivity contribution in [3.8, 4) is 0 Å². The van der Waals surface area contributed by atoms with Gasteiger partial charge in [-0.05, 0) is 24.9 Å². The first-order valence-electron chi connectivity index (χ1n) is 7.05. The lowest BCUT2D eigenvalue weighted by Crippen LogP contribution is -2.48. The zero-order valence-electron chi connectivity index (χ0n) is 12.3. The van der Waals surface area contributed by atoms with Crippen LogP contribution in [-0.2, 0) is 11.2 Å². The molecule has 0 aliphatic carbocycles. The first-order valence-corrected chi connectivity index (χ1v) is 7.93. The second kappa shape index (κ2) is 8.24. The highest BCUT2D eigenvalue weighted by Crippen LogP contribution is 2.08. The molecular weight excluding hydrogens is 272 g/mol. The van der Waals surface area contributed by atoms with Crippen molar-refractivity contribution in [2.45, 2.75) is 12.5 Å². The highest BCUT2D eigenvalue weighted by molar-refractivity contribution is 7.09. The maximum Gasteiger partial charge on any atom is 0.191 e. The maximum absolute atomic E-state index is 5.72. The smallest absolute Gasteiger partial charge is 0.191 e. The molecule has 1 aliphatic heterocycles. The van der Waals surface area contributed by atoms with Crippen molar-refractivity contribution in [2.24, 2.45) is 4.99 Å². The van der Waals surface area contributed by atoms with Crippen LogP contribution in [0.4, 0.5) is 0 Å². The Labute approximate surface area is 125 Å². The first kappa shape index (κ1) is 15.3. The topological polar surface area (TPSA) is 48.9 Å². The number of ether oxygens (including phenoxy) is 1. The zero-order chi connectivity index (χ0) is 14.2. The molecule has 1 aromatic heterocycles. The third-order valence-electron chi connectivity index (χ3n) is 3.31. The van der Waals surface area contributed by atoms with E-state index in [0.29, 0.717) is 0 Å². The van der Waals surface area contributed by atoms with E-state index in [4.69, 9.17) is 4.74 Å². The summed E-state index contributed by atoms with van der Waals surface area (Å²) in [5, 5.41) is 8.78. The molecule has 1 aliphatic rings. The van der Waals surface area contributed by atoms with Gasteiger partial charge in [-0.15, -0.1) is 11.3 Å². The molecule has 1 atom stereocenters. The molecule has 2 rings (SSSR count). The number of thiophene rings is 1. The highest BCUT2D eigenvalue weighted by Gasteiger charge is 2.17. The standard InChI is InChI=1S/C14H24N4OS/c1-15-14(16-6-5-13-4-3-9-20-13)17-10-12-11-18(2)7-8-19-12/h3-4,9,12H,5-8,10-11H2,1-2H3,(H2,15,16,17). The van der Waals surface area contributed by atoms with Crippen molar-refractivity contribution < 1.29 is 4.74 Å². The van der Waals surface area contributed by atoms with Gasteiger partial charge in [-0.25, -0.2) is 0 Å². The molecule has 2 heterocycles. The Balaban J connectivity index is 1.64. The summed E-state index contributed by atoms with van der Waals surface area (Å²) < 4.78 is 5.72. The number of rotatable bonds is 5. The normalized spacial score (nSPS) is 20.9. The predicted octanol–water partition coefficient (Wildman–Crippen LogP) is 0.786. The molecule has 1 unspecified atom stereocenters. The van der Waals surface area contributed by atoms with Gasteiger partial charge in [0.05, 0.1) is 12.7 Å². The Bertz CT molecular complexity index is 407. The van der Waals surface area contributed by atoms with Crippen LogP contribution in [0.15, 0.2) is 22.5 Å². The molecule has 1 saturated heterocycles. The lowest BCUT2D eigenvalue weighted by Gasteiger charge is -2.30. The van der Waals surface area contributed by atoms with Crippen LogP contribution in [0.25, 0.3) is 0 Å². The lowest BCUT2D eigenvalue weighted by atomic mass is 10.3. The largest absolute Gasteiger partial charge is 0.374 e. The molecule has 0 amide bonds. The van der Waals surface area contributed by atoms with Gasteiger partial charge in [0.25, 0.3) is 0 Å². The van der Waals surface area contributed by atoms with Gasteiger partial charge in [0.1, 0.15) is 0 Å². The molecule has 112 valence electrons. The summed E-state index contributed by atoms with van der Waals surface area (Å²) in [6.07, 6.45) is 1.27. The minimum absolute atomic E-state index is 0.240. The predicted molar refractivity (Wildman–Crippen MR) is 84.6 cm³/mol. The van der Waals surface area contributed by atoms with E-state index < -0.39 is 0 Å². The minimum atomic E-state index is 0.240. The Morgan fingerprint density at radius 1 is 1.55 bits per heavy atom. The molecular formula is C14H24N4OS. The van der Waals surface area contributed by atoms with Gasteiger partial charge >= 0.3 is 0 Å². The van der Waals surface area contributed by atoms with Crippen molar-refractivity contribution in [2.75, 3.05) is 46.9 Å². The van der Waals surface area contributed by atoms with Crippen LogP contribution in [0.1, 0.15) is 4.88 Å². The first-order chi connectivity index (χ1) is 9.78. The van der Waals surface area contributed by atoms with Crippen molar-refractivity contribution in [1.29, 1.82) is 0 Å². The number of hydrogen-bond acceptors (Lipinski definition) is 4. The quantitative estimate of drug-likeness (QED) is 0.623. The SMILES string of the molecule is CN=C(NCCc1cccs1)NCC1CN(C)CCO1. The van der Waals surface area contributed by atoms with E-state index in [1.54, 1.807) is 18.4 Å². The number of guanidine groups is 1. The van der Waals surface area contributed by atoms with Gasteiger partial charge in [0, 0.05) is 38.1 Å². The Morgan fingerprint density at radius 3 is 3.15 bits per heavy atom. The number of morpholine rings is 1. The van der Waals surface area contributed by atoms with Gasteiger partial charge in [-0.2, -0.15) is 0 Å². The third-order valence-corrected chi connectivity index (χ3v) is 4.24. The van der Waals surface area contributed by atoms with Crippen molar-refractivity contribution in [3.63, 3.8) is 0 Å². The Kier molecular flexibility index (Phi) is 6.29. The summed E-state index contributed by atoms with van der Waals surface area (Å²) in [5.41, 5.74) is 0. The van der Waals surface area contributed by atoms with Gasteiger partial charge in [0.2, 0.25) is 0 Å². The van der Waals surface area contributed by atoms with Crippen molar-refractivity contribution in [1.82, 2.24) is 15.5 Å². The Morgan fingerprint density at radius 2 is 2.45 bits per heavy atom. The molecule has 0 bridgehead atoms. The molecule has 0 spiro atoms. The lowest BCUT2D eigenvalue weighted by molar-refractivity contribution is -0.0161. The molecule has 20 heavy (non-hydrogen) atoms. The van der Waals surface area contributed by atoms with E-state index >= 15 is 0 Å². The number of aliphatic imine (C=N–C) groups is 1. The summed E-state index contributed by atoms with van der Waals surface area (Å²) in [6.45, 7) is 4.49. The fourth-order valence-electron chi connectivity index (χ4n) is 2.18. The fourth-order valence-corrected chi connectivity index (χ4v) is 2.89. The van der Waals surface area contributed by atoms with Crippen molar-refractivity contribution in [3.05, 3.63) is 22.4 Å². The molecule has 0 saturated carbocycles. The molecule has 0 aromatic carbocycles. The third kappa shape index (κ3) is 5.11. The molecule has 0 radical (unpaired) electrons. The summed E-state index contributed by atoms with van der Waals surface area (Å²) >= 11 is 1.79. The van der Waals surface area contributed by atoms with E-state index in [0.717, 1.165) is 45.2 Å². The van der Waals surface area contributed by atoms with Gasteiger partial charge in [-0.1, -0.05) is 6.07 Å². The molecule has 1 fully saturated rings. The Hall–Kier alpha value is -1.11. The summed E-state index contributed by atoms with van der Waals surface area (Å²) in [4.78, 5) is 7.93. The van der Waals surface area contributed by atoms with E-state index in [-0.39, 0.29) is 6.10 Å². The van der Waals surface area contributed by atoms with Gasteiger partial charge < -0.3 is 20.3 Å². The van der Waals surface area contributed by atoms with E-state index in [9.17, 15) is 0 Å². The van der Waals surface area contributed by atoms with Crippen LogP contribution in [-0.4, -0.2) is 63.8 Å². The number of likely N-dealkylation sites (N-methyl/N-ethyl adjacent to an activating group) is 1. The van der Waals surface area contributed by atoms with Gasteiger partial charge in [0.15, 0.2) is 5.96 Å². The van der Waals surface area contributed by atoms with E-state index in [1.165, 1.54) is 4.88 Å². The van der Waals surface area contributed by atoms with Crippen LogP contribution in [0, 0.1) is 0 Å².